The van der Waals surface area contributed by atoms with Crippen LogP contribution in [0.3, 0.4) is 0 Å². The van der Waals surface area contributed by atoms with E-state index in [0.29, 0.717) is 5.57 Å². The first-order valence-corrected chi connectivity index (χ1v) is 5.27. The predicted octanol–water partition coefficient (Wildman–Crippen LogP) is 1.74. The Kier molecular flexibility index (Phi) is 2.84. The molecule has 0 unspecified atom stereocenters. The SMILES string of the molecule is O=C(C1=C(O)C=C[C+]=C1)N1CCCCC1. The Morgan fingerprint density at radius 2 is 2.07 bits per heavy atom. The Balaban J connectivity index is 2.13. The van der Waals surface area contributed by atoms with Crippen LogP contribution >= 0.6 is 0 Å². The molecule has 1 N–H and O–H groups in total. The Morgan fingerprint density at radius 3 is 2.73 bits per heavy atom. The van der Waals surface area contributed by atoms with Crippen molar-refractivity contribution in [2.75, 3.05) is 13.1 Å². The van der Waals surface area contributed by atoms with E-state index in [4.69, 9.17) is 0 Å². The highest BCUT2D eigenvalue weighted by Gasteiger charge is 2.27. The van der Waals surface area contributed by atoms with Gasteiger partial charge in [-0.15, -0.1) is 0 Å². The monoisotopic (exact) mass is 204 g/mol. The van der Waals surface area contributed by atoms with Crippen molar-refractivity contribution in [2.24, 2.45) is 0 Å². The lowest BCUT2D eigenvalue weighted by atomic mass is 10.1. The molecule has 1 heterocycles. The summed E-state index contributed by atoms with van der Waals surface area (Å²) in [6, 6.07) is 0. The van der Waals surface area contributed by atoms with Gasteiger partial charge in [-0.25, -0.2) is 0 Å². The van der Waals surface area contributed by atoms with Gasteiger partial charge in [-0.3, -0.25) is 4.79 Å². The minimum atomic E-state index is -0.0796. The van der Waals surface area contributed by atoms with Gasteiger partial charge in [0.25, 0.3) is 0 Å². The van der Waals surface area contributed by atoms with Gasteiger partial charge >= 0.3 is 5.91 Å². The highest BCUT2D eigenvalue weighted by molar-refractivity contribution is 5.97. The van der Waals surface area contributed by atoms with Crippen LogP contribution in [0.15, 0.2) is 29.6 Å². The molecule has 3 nitrogen and oxygen atoms in total. The third-order valence-corrected chi connectivity index (χ3v) is 2.71. The molecule has 1 aliphatic heterocycles. The van der Waals surface area contributed by atoms with Crippen LogP contribution in [-0.2, 0) is 4.79 Å². The van der Waals surface area contributed by atoms with Gasteiger partial charge in [-0.2, -0.15) is 0 Å². The minimum absolute atomic E-state index is 0.0457. The van der Waals surface area contributed by atoms with Crippen molar-refractivity contribution in [3.05, 3.63) is 35.6 Å². The number of carbonyl (C=O) groups excluding carboxylic acids is 1. The van der Waals surface area contributed by atoms with Gasteiger partial charge in [-0.1, -0.05) is 0 Å². The van der Waals surface area contributed by atoms with E-state index in [1.165, 1.54) is 12.5 Å². The summed E-state index contributed by atoms with van der Waals surface area (Å²) in [6.45, 7) is 1.60. The molecule has 3 heteroatoms. The molecule has 0 atom stereocenters. The Morgan fingerprint density at radius 1 is 1.33 bits per heavy atom. The van der Waals surface area contributed by atoms with Gasteiger partial charge in [0.1, 0.15) is 12.2 Å². The van der Waals surface area contributed by atoms with Crippen molar-refractivity contribution >= 4 is 5.91 Å². The lowest BCUT2D eigenvalue weighted by Crippen LogP contribution is -2.36. The second-order valence-corrected chi connectivity index (χ2v) is 3.80. The summed E-state index contributed by atoms with van der Waals surface area (Å²) < 4.78 is 0. The van der Waals surface area contributed by atoms with E-state index in [-0.39, 0.29) is 11.7 Å². The molecule has 0 aromatic rings. The number of nitrogens with zero attached hydrogens (tertiary/aromatic N) is 1. The largest absolute Gasteiger partial charge is 0.487 e. The maximum atomic E-state index is 12.0. The molecular formula is C12H14NO2+. The molecule has 1 aliphatic carbocycles. The third-order valence-electron chi connectivity index (χ3n) is 2.71. The molecule has 1 saturated heterocycles. The van der Waals surface area contributed by atoms with Crippen molar-refractivity contribution in [3.63, 3.8) is 0 Å². The smallest absolute Gasteiger partial charge is 0.315 e. The van der Waals surface area contributed by atoms with Gasteiger partial charge in [0, 0.05) is 19.2 Å². The summed E-state index contributed by atoms with van der Waals surface area (Å²) in [5.41, 5.74) is 0.361. The molecule has 0 bridgehead atoms. The normalized spacial score (nSPS) is 20.4. The van der Waals surface area contributed by atoms with Gasteiger partial charge in [0.05, 0.1) is 6.08 Å². The first-order chi connectivity index (χ1) is 7.29. The molecule has 0 aromatic heterocycles. The van der Waals surface area contributed by atoms with Gasteiger partial charge in [0.15, 0.2) is 5.57 Å². The number of carbonyl (C=O) groups is 1. The van der Waals surface area contributed by atoms with Crippen LogP contribution in [0.5, 0.6) is 0 Å². The van der Waals surface area contributed by atoms with Gasteiger partial charge in [-0.05, 0) is 19.3 Å². The molecule has 78 valence electrons. The maximum Gasteiger partial charge on any atom is 0.315 e. The molecule has 15 heavy (non-hydrogen) atoms. The molecular weight excluding hydrogens is 190 g/mol. The van der Waals surface area contributed by atoms with E-state index >= 15 is 0 Å². The number of likely N-dealkylation sites (tertiary alicyclic amines) is 1. The second kappa shape index (κ2) is 4.28. The fraction of sp³-hybridized carbons (Fsp3) is 0.417. The van der Waals surface area contributed by atoms with E-state index in [1.807, 2.05) is 0 Å². The van der Waals surface area contributed by atoms with E-state index in [9.17, 15) is 9.90 Å². The summed E-state index contributed by atoms with van der Waals surface area (Å²) in [5, 5.41) is 9.54. The summed E-state index contributed by atoms with van der Waals surface area (Å²) in [5.74, 6) is -0.0339. The molecule has 0 aromatic carbocycles. The summed E-state index contributed by atoms with van der Waals surface area (Å²) >= 11 is 0. The predicted molar refractivity (Wildman–Crippen MR) is 57.0 cm³/mol. The van der Waals surface area contributed by atoms with Crippen LogP contribution in [0.25, 0.3) is 0 Å². The average molecular weight is 204 g/mol. The topological polar surface area (TPSA) is 40.5 Å². The summed E-state index contributed by atoms with van der Waals surface area (Å²) in [6.07, 6.45) is 10.8. The zero-order valence-corrected chi connectivity index (χ0v) is 8.57. The van der Waals surface area contributed by atoms with Crippen LogP contribution in [0, 0.1) is 6.08 Å². The number of aliphatic hydroxyl groups excluding tert-OH is 1. The van der Waals surface area contributed by atoms with Crippen molar-refractivity contribution in [3.8, 4) is 0 Å². The number of allylic oxidation sites excluding steroid dienone is 3. The Bertz CT molecular complexity index is 347. The Hall–Kier alpha value is -1.60. The summed E-state index contributed by atoms with van der Waals surface area (Å²) in [4.78, 5) is 13.8. The van der Waals surface area contributed by atoms with E-state index in [1.54, 1.807) is 17.1 Å². The zero-order valence-electron chi connectivity index (χ0n) is 8.57. The van der Waals surface area contributed by atoms with Crippen molar-refractivity contribution in [2.45, 2.75) is 19.3 Å². The second-order valence-electron chi connectivity index (χ2n) is 3.80. The first-order valence-electron chi connectivity index (χ1n) is 5.27. The lowest BCUT2D eigenvalue weighted by molar-refractivity contribution is -0.127. The number of rotatable bonds is 1. The van der Waals surface area contributed by atoms with E-state index in [0.717, 1.165) is 25.9 Å². The molecule has 2 aliphatic rings. The number of hydrogen-bond donors (Lipinski definition) is 1. The van der Waals surface area contributed by atoms with Gasteiger partial charge < -0.3 is 10.0 Å². The third kappa shape index (κ3) is 2.08. The number of amides is 1. The van der Waals surface area contributed by atoms with Crippen LogP contribution in [0.1, 0.15) is 19.3 Å². The fourth-order valence-corrected chi connectivity index (χ4v) is 1.86. The highest BCUT2D eigenvalue weighted by Crippen LogP contribution is 2.17. The van der Waals surface area contributed by atoms with Gasteiger partial charge in [0.2, 0.25) is 5.76 Å². The van der Waals surface area contributed by atoms with Crippen molar-refractivity contribution in [1.29, 1.82) is 0 Å². The van der Waals surface area contributed by atoms with E-state index < -0.39 is 0 Å². The number of aliphatic hydroxyl groups is 1. The van der Waals surface area contributed by atoms with Crippen LogP contribution in [0.2, 0.25) is 0 Å². The molecule has 2 rings (SSSR count). The highest BCUT2D eigenvalue weighted by atomic mass is 16.3. The van der Waals surface area contributed by atoms with Crippen molar-refractivity contribution < 1.29 is 9.90 Å². The average Bonchev–Trinajstić information content (AvgIpc) is 2.30. The molecule has 0 saturated carbocycles. The molecule has 1 fully saturated rings. The van der Waals surface area contributed by atoms with E-state index in [2.05, 4.69) is 6.08 Å². The maximum absolute atomic E-state index is 12.0. The minimum Gasteiger partial charge on any atom is -0.487 e. The lowest BCUT2D eigenvalue weighted by Gasteiger charge is -2.25. The first kappa shape index (κ1) is 9.94. The molecule has 0 radical (unpaired) electrons. The fourth-order valence-electron chi connectivity index (χ4n) is 1.86. The van der Waals surface area contributed by atoms with Crippen LogP contribution in [0.4, 0.5) is 0 Å². The number of piperidine rings is 1. The van der Waals surface area contributed by atoms with Crippen LogP contribution < -0.4 is 0 Å². The Labute approximate surface area is 89.4 Å². The summed E-state index contributed by atoms with van der Waals surface area (Å²) in [7, 11) is 0. The molecule has 1 amide bonds. The van der Waals surface area contributed by atoms with Crippen LogP contribution in [-0.4, -0.2) is 29.0 Å². The standard InChI is InChI=1S/C12H13NO2/c14-11-7-3-2-6-10(11)12(15)13-8-4-1-5-9-13/h3,6-7H,1,4-5,8-9H2/p+1. The quantitative estimate of drug-likeness (QED) is 0.661. The zero-order chi connectivity index (χ0) is 10.7. The molecule has 0 spiro atoms. The number of hydrogen-bond acceptors (Lipinski definition) is 2. The van der Waals surface area contributed by atoms with Crippen molar-refractivity contribution in [1.82, 2.24) is 4.90 Å².